The fraction of sp³-hybridized carbons (Fsp3) is 0.364. The second-order valence-corrected chi connectivity index (χ2v) is 17.7. The molecule has 304 valence electrons. The van der Waals surface area contributed by atoms with Crippen molar-refractivity contribution in [3.05, 3.63) is 141 Å². The summed E-state index contributed by atoms with van der Waals surface area (Å²) in [6.45, 7) is 4.95. The molecule has 5 aliphatic rings. The molecule has 7 nitrogen and oxygen atoms in total. The van der Waals surface area contributed by atoms with Gasteiger partial charge in [0.15, 0.2) is 0 Å². The molecule has 2 spiro atoms. The first kappa shape index (κ1) is 41.6. The first-order valence-electron chi connectivity index (χ1n) is 19.1. The van der Waals surface area contributed by atoms with Crippen molar-refractivity contribution in [2.75, 3.05) is 13.1 Å². The van der Waals surface area contributed by atoms with Crippen molar-refractivity contribution in [2.24, 2.45) is 22.0 Å². The first-order valence-corrected chi connectivity index (χ1v) is 20.7. The highest BCUT2D eigenvalue weighted by Crippen LogP contribution is 2.56. The van der Waals surface area contributed by atoms with E-state index in [9.17, 15) is 31.5 Å². The third-order valence-corrected chi connectivity index (χ3v) is 14.0. The van der Waals surface area contributed by atoms with Crippen LogP contribution in [0.5, 0.6) is 0 Å². The molecule has 1 fully saturated rings. The van der Waals surface area contributed by atoms with E-state index in [0.29, 0.717) is 23.6 Å². The summed E-state index contributed by atoms with van der Waals surface area (Å²) >= 11 is 2.56. The van der Waals surface area contributed by atoms with Crippen molar-refractivity contribution in [3.8, 4) is 0 Å². The van der Waals surface area contributed by atoms with Crippen LogP contribution in [0.2, 0.25) is 0 Å². The summed E-state index contributed by atoms with van der Waals surface area (Å²) in [4.78, 5) is 24.3. The lowest BCUT2D eigenvalue weighted by atomic mass is 9.80. The molecule has 4 aromatic carbocycles. The fourth-order valence-corrected chi connectivity index (χ4v) is 11.7. The number of nitrogens with one attached hydrogen (secondary N) is 1. The summed E-state index contributed by atoms with van der Waals surface area (Å²) < 4.78 is 70.5. The van der Waals surface area contributed by atoms with Gasteiger partial charge in [-0.2, -0.15) is 10.2 Å². The molecule has 3 heterocycles. The molecule has 2 amide bonds. The molecular weight excluding hydrogens is 790 g/mol. The molecule has 14 heteroatoms. The molecule has 4 aromatic rings. The normalized spacial score (nSPS) is 24.6. The Balaban J connectivity index is 0.000000175. The number of piperidine rings is 1. The Kier molecular flexibility index (Phi) is 11.9. The lowest BCUT2D eigenvalue weighted by molar-refractivity contribution is -0.140. The molecule has 2 aliphatic carbocycles. The van der Waals surface area contributed by atoms with Crippen molar-refractivity contribution in [1.29, 1.82) is 0 Å². The summed E-state index contributed by atoms with van der Waals surface area (Å²) in [6, 6.07) is 19.2. The van der Waals surface area contributed by atoms with Crippen LogP contribution in [0.1, 0.15) is 86.8 Å². The van der Waals surface area contributed by atoms with Gasteiger partial charge in [-0.25, -0.2) is 32.0 Å². The zero-order valence-corrected chi connectivity index (χ0v) is 33.0. The number of hydrazone groups is 2. The van der Waals surface area contributed by atoms with Crippen LogP contribution in [0.15, 0.2) is 89.1 Å². The smallest absolute Gasteiger partial charge is 0.248 e. The van der Waals surface area contributed by atoms with E-state index in [2.05, 4.69) is 21.6 Å². The molecule has 1 saturated heterocycles. The van der Waals surface area contributed by atoms with Crippen molar-refractivity contribution in [1.82, 2.24) is 15.3 Å². The number of rotatable bonds is 3. The maximum Gasteiger partial charge on any atom is 0.248 e. The molecule has 3 aliphatic heterocycles. The predicted molar refractivity (Wildman–Crippen MR) is 219 cm³/mol. The van der Waals surface area contributed by atoms with E-state index in [-0.39, 0.29) is 47.2 Å². The van der Waals surface area contributed by atoms with E-state index in [1.165, 1.54) is 59.2 Å². The van der Waals surface area contributed by atoms with Crippen LogP contribution in [-0.2, 0) is 32.2 Å². The lowest BCUT2D eigenvalue weighted by Crippen LogP contribution is -2.48. The van der Waals surface area contributed by atoms with Gasteiger partial charge in [-0.15, -0.1) is 0 Å². The maximum absolute atomic E-state index is 14.6. The number of fused-ring (bicyclic) bond motifs is 4. The van der Waals surface area contributed by atoms with Crippen LogP contribution in [-0.4, -0.2) is 45.0 Å². The van der Waals surface area contributed by atoms with Gasteiger partial charge in [0.1, 0.15) is 48.9 Å². The predicted octanol–water partition coefficient (Wildman–Crippen LogP) is 9.82. The number of carbonyl (C=O) groups excluding carboxylic acids is 2. The minimum atomic E-state index is -0.963. The topological polar surface area (TPSA) is 77.4 Å². The Morgan fingerprint density at radius 2 is 1.38 bits per heavy atom. The molecule has 9 rings (SSSR count). The van der Waals surface area contributed by atoms with Crippen LogP contribution in [0.3, 0.4) is 0 Å². The first-order chi connectivity index (χ1) is 27.4. The highest BCUT2D eigenvalue weighted by Gasteiger charge is 2.53. The summed E-state index contributed by atoms with van der Waals surface area (Å²) in [5.74, 6) is -2.99. The number of carbonyl (C=O) groups is 2. The van der Waals surface area contributed by atoms with Crippen molar-refractivity contribution in [3.63, 3.8) is 0 Å². The van der Waals surface area contributed by atoms with Crippen molar-refractivity contribution in [2.45, 2.75) is 76.0 Å². The summed E-state index contributed by atoms with van der Waals surface area (Å²) in [7, 11) is 0. The molecule has 0 saturated carbocycles. The molecular formula is C44H44F5N5O2S2. The Bertz CT molecular complexity index is 2320. The molecule has 58 heavy (non-hydrogen) atoms. The summed E-state index contributed by atoms with van der Waals surface area (Å²) in [6.07, 6.45) is 5.62. The maximum atomic E-state index is 14.6. The van der Waals surface area contributed by atoms with Gasteiger partial charge in [0.05, 0.1) is 5.92 Å². The van der Waals surface area contributed by atoms with Gasteiger partial charge < -0.3 is 5.32 Å². The molecule has 0 radical (unpaired) electrons. The SMILES string of the molecule is C.CC(=O)N1N=C(c2cc(F)ccc2F)SC12CC(C)Cc1ccc(F)cc12.O=C(C1CCCNC1)N1N=C(c2cc(F)ccc2F)SC12CCCc1ccccc12. The van der Waals surface area contributed by atoms with E-state index in [4.69, 9.17) is 0 Å². The third-order valence-electron chi connectivity index (χ3n) is 11.2. The van der Waals surface area contributed by atoms with Gasteiger partial charge in [-0.05, 0) is 128 Å². The van der Waals surface area contributed by atoms with Gasteiger partial charge in [-0.3, -0.25) is 9.59 Å². The summed E-state index contributed by atoms with van der Waals surface area (Å²) in [5.41, 5.74) is 3.95. The monoisotopic (exact) mass is 833 g/mol. The zero-order chi connectivity index (χ0) is 40.1. The quantitative estimate of drug-likeness (QED) is 0.208. The van der Waals surface area contributed by atoms with E-state index in [1.807, 2.05) is 25.1 Å². The van der Waals surface area contributed by atoms with Crippen LogP contribution in [0.25, 0.3) is 0 Å². The minimum Gasteiger partial charge on any atom is -0.316 e. The number of aryl methyl sites for hydroxylation is 1. The Morgan fingerprint density at radius 1 is 0.759 bits per heavy atom. The van der Waals surface area contributed by atoms with Crippen LogP contribution >= 0.6 is 23.5 Å². The fourth-order valence-electron chi connectivity index (χ4n) is 8.63. The highest BCUT2D eigenvalue weighted by atomic mass is 32.2. The molecule has 0 aromatic heterocycles. The van der Waals surface area contributed by atoms with Gasteiger partial charge in [0.25, 0.3) is 0 Å². The number of hydrogen-bond donors (Lipinski definition) is 1. The van der Waals surface area contributed by atoms with E-state index in [1.54, 1.807) is 11.1 Å². The number of nitrogens with zero attached hydrogens (tertiary/aromatic N) is 4. The average Bonchev–Trinajstić information content (AvgIpc) is 3.77. The molecule has 4 unspecified atom stereocenters. The second-order valence-electron chi connectivity index (χ2n) is 15.2. The van der Waals surface area contributed by atoms with Crippen LogP contribution in [0, 0.1) is 40.9 Å². The average molecular weight is 834 g/mol. The number of amides is 2. The summed E-state index contributed by atoms with van der Waals surface area (Å²) in [5, 5.41) is 15.7. The number of halogens is 5. The van der Waals surface area contributed by atoms with Crippen molar-refractivity contribution < 1.29 is 31.5 Å². The number of benzene rings is 4. The van der Waals surface area contributed by atoms with Gasteiger partial charge >= 0.3 is 0 Å². The highest BCUT2D eigenvalue weighted by molar-refractivity contribution is 8.15. The van der Waals surface area contributed by atoms with Gasteiger partial charge in [0, 0.05) is 24.6 Å². The molecule has 4 atom stereocenters. The standard InChI is InChI=1S/C23H23F2N3OS.C20H17F3N2OS.CH4/c24-17-9-10-20(25)18(13-17)21-27-28(22(29)16-7-4-12-26-14-16)23(30-21)11-3-6-15-5-1-2-8-19(15)23;1-11-7-13-3-4-15(22)9-17(13)20(10-11)25(12(2)26)24-19(27-20)16-8-14(21)5-6-18(16)23;/h1-2,5,8-10,13,16,26H,3-4,6-7,11-12,14H2;3-6,8-9,11H,7,10H2,1-2H3;1H4. The number of thioether (sulfide) groups is 2. The third kappa shape index (κ3) is 7.59. The van der Waals surface area contributed by atoms with Crippen LogP contribution < -0.4 is 5.32 Å². The van der Waals surface area contributed by atoms with E-state index < -0.39 is 38.8 Å². The lowest BCUT2D eigenvalue weighted by Gasteiger charge is -2.42. The second kappa shape index (κ2) is 16.6. The van der Waals surface area contributed by atoms with Gasteiger partial charge in [-0.1, -0.05) is 68.2 Å². The molecule has 0 bridgehead atoms. The Labute approximate surface area is 343 Å². The largest absolute Gasteiger partial charge is 0.316 e. The van der Waals surface area contributed by atoms with Gasteiger partial charge in [0.2, 0.25) is 11.8 Å². The minimum absolute atomic E-state index is 0. The zero-order valence-electron chi connectivity index (χ0n) is 31.3. The van der Waals surface area contributed by atoms with Crippen molar-refractivity contribution >= 4 is 45.4 Å². The molecule has 1 N–H and O–H groups in total. The Hall–Kier alpha value is -4.53. The number of hydrogen-bond acceptors (Lipinski definition) is 7. The van der Waals surface area contributed by atoms with Crippen LogP contribution in [0.4, 0.5) is 22.0 Å². The van der Waals surface area contributed by atoms with E-state index >= 15 is 0 Å². The van der Waals surface area contributed by atoms with E-state index in [0.717, 1.165) is 86.5 Å². The Morgan fingerprint density at radius 3 is 2.03 bits per heavy atom.